The summed E-state index contributed by atoms with van der Waals surface area (Å²) in [6.07, 6.45) is 0. The molecule has 0 bridgehead atoms. The minimum Gasteiger partial charge on any atom is -0.456 e. The fraction of sp³-hybridized carbons (Fsp3) is 0. The van der Waals surface area contributed by atoms with Crippen molar-refractivity contribution in [2.24, 2.45) is 0 Å². The lowest BCUT2D eigenvalue weighted by Crippen LogP contribution is -2.01. The van der Waals surface area contributed by atoms with Gasteiger partial charge in [0.15, 0.2) is 17.5 Å². The number of nitrogens with zero attached hydrogens (tertiary/aromatic N) is 4. The lowest BCUT2D eigenvalue weighted by molar-refractivity contribution is 0.669. The van der Waals surface area contributed by atoms with Crippen LogP contribution in [0.25, 0.3) is 149 Å². The highest BCUT2D eigenvalue weighted by molar-refractivity contribution is 6.25. The van der Waals surface area contributed by atoms with Gasteiger partial charge < -0.3 is 13.4 Å². The molecule has 0 saturated carbocycles. The van der Waals surface area contributed by atoms with Crippen molar-refractivity contribution in [3.8, 4) is 39.9 Å². The van der Waals surface area contributed by atoms with Gasteiger partial charge in [-0.25, -0.2) is 15.0 Å². The zero-order chi connectivity index (χ0) is 43.7. The van der Waals surface area contributed by atoms with Gasteiger partial charge in [-0.3, -0.25) is 0 Å². The van der Waals surface area contributed by atoms with E-state index in [9.17, 15) is 0 Å². The summed E-state index contributed by atoms with van der Waals surface area (Å²) in [5.41, 5.74) is 9.20. The largest absolute Gasteiger partial charge is 0.456 e. The van der Waals surface area contributed by atoms with E-state index in [1.807, 2.05) is 36.4 Å². The van der Waals surface area contributed by atoms with Crippen LogP contribution in [0.4, 0.5) is 0 Å². The van der Waals surface area contributed by atoms with Crippen LogP contribution >= 0.6 is 0 Å². The SMILES string of the molecule is c1ccc2cc3c(cc2c1)c1c2ccccc2ccc1n3-c1ccc2ccc3oc4cccc(-c5nc(-c6ccc7c(c6)oc6ccccc67)nc(-c6cccc7ccccc67)n5)c4c3c2c1. The van der Waals surface area contributed by atoms with E-state index >= 15 is 0 Å². The Kier molecular flexibility index (Phi) is 7.40. The normalized spacial score (nSPS) is 12.2. The Labute approximate surface area is 381 Å². The molecule has 0 radical (unpaired) electrons. The number of fused-ring (bicyclic) bond motifs is 15. The molecule has 310 valence electrons. The molecule has 0 spiro atoms. The summed E-state index contributed by atoms with van der Waals surface area (Å²) >= 11 is 0. The molecular weight excluding hydrogens is 821 g/mol. The molecule has 67 heavy (non-hydrogen) atoms. The zero-order valence-corrected chi connectivity index (χ0v) is 35.7. The fourth-order valence-electron chi connectivity index (χ4n) is 10.7. The lowest BCUT2D eigenvalue weighted by Gasteiger charge is -2.12. The Morgan fingerprint density at radius 2 is 0.896 bits per heavy atom. The summed E-state index contributed by atoms with van der Waals surface area (Å²) in [4.78, 5) is 15.9. The van der Waals surface area contributed by atoms with Gasteiger partial charge in [-0.1, -0.05) is 146 Å². The van der Waals surface area contributed by atoms with Crippen LogP contribution in [0.15, 0.2) is 215 Å². The Bertz CT molecular complexity index is 4590. The van der Waals surface area contributed by atoms with Gasteiger partial charge in [0.05, 0.1) is 11.0 Å². The minimum absolute atomic E-state index is 0.554. The van der Waals surface area contributed by atoms with Crippen molar-refractivity contribution in [3.63, 3.8) is 0 Å². The Hall–Kier alpha value is -9.13. The molecule has 11 aromatic carbocycles. The van der Waals surface area contributed by atoms with Crippen molar-refractivity contribution in [2.75, 3.05) is 0 Å². The molecule has 0 saturated heterocycles. The minimum atomic E-state index is 0.554. The second-order valence-corrected chi connectivity index (χ2v) is 17.5. The maximum Gasteiger partial charge on any atom is 0.164 e. The van der Waals surface area contributed by atoms with Crippen LogP contribution in [0.1, 0.15) is 0 Å². The van der Waals surface area contributed by atoms with Crippen molar-refractivity contribution in [3.05, 3.63) is 206 Å². The predicted octanol–water partition coefficient (Wildman–Crippen LogP) is 16.4. The number of furan rings is 2. The Balaban J connectivity index is 0.994. The fourth-order valence-corrected chi connectivity index (χ4v) is 10.7. The topological polar surface area (TPSA) is 69.9 Å². The first-order valence-electron chi connectivity index (χ1n) is 22.6. The van der Waals surface area contributed by atoms with Gasteiger partial charge in [0, 0.05) is 54.7 Å². The van der Waals surface area contributed by atoms with Crippen LogP contribution < -0.4 is 0 Å². The van der Waals surface area contributed by atoms with E-state index in [1.54, 1.807) is 0 Å². The van der Waals surface area contributed by atoms with E-state index < -0.39 is 0 Å². The highest BCUT2D eigenvalue weighted by atomic mass is 16.3. The summed E-state index contributed by atoms with van der Waals surface area (Å²) in [5, 5.41) is 15.8. The Morgan fingerprint density at radius 1 is 0.299 bits per heavy atom. The average Bonchev–Trinajstić information content (AvgIpc) is 4.07. The van der Waals surface area contributed by atoms with Crippen LogP contribution in [-0.4, -0.2) is 19.5 Å². The number of hydrogen-bond donors (Lipinski definition) is 0. The van der Waals surface area contributed by atoms with Crippen LogP contribution in [0, 0.1) is 0 Å². The molecule has 15 aromatic rings. The standard InChI is InChI=1S/C61H34N4O2/c1-2-14-39-32-51-49(31-38(39)13-1)56-43-17-6-4-12-36(43)25-29-50(56)65(51)41-27-23-37-26-30-54-58(48(37)34-41)57-47(20-10-22-53(57)67-54)61-63-59(40-24-28-45-44-18-7-8-21-52(44)66-55(45)33-40)62-60(64-61)46-19-9-15-35-11-3-5-16-42(35)46/h1-34H. The molecule has 4 aromatic heterocycles. The summed E-state index contributed by atoms with van der Waals surface area (Å²) in [7, 11) is 0. The maximum atomic E-state index is 6.76. The van der Waals surface area contributed by atoms with E-state index in [0.717, 1.165) is 98.8 Å². The van der Waals surface area contributed by atoms with Crippen LogP contribution in [0.3, 0.4) is 0 Å². The van der Waals surface area contributed by atoms with Crippen molar-refractivity contribution in [2.45, 2.75) is 0 Å². The first kappa shape index (κ1) is 36.2. The molecule has 4 heterocycles. The molecule has 0 aliphatic rings. The second-order valence-electron chi connectivity index (χ2n) is 17.5. The van der Waals surface area contributed by atoms with Gasteiger partial charge in [0.1, 0.15) is 22.3 Å². The quantitative estimate of drug-likeness (QED) is 0.176. The van der Waals surface area contributed by atoms with Gasteiger partial charge in [0.25, 0.3) is 0 Å². The predicted molar refractivity (Wildman–Crippen MR) is 275 cm³/mol. The first-order chi connectivity index (χ1) is 33.2. The van der Waals surface area contributed by atoms with E-state index in [4.69, 9.17) is 23.8 Å². The number of benzene rings is 11. The smallest absolute Gasteiger partial charge is 0.164 e. The molecule has 0 N–H and O–H groups in total. The third-order valence-corrected chi connectivity index (χ3v) is 13.8. The average molecular weight is 855 g/mol. The monoisotopic (exact) mass is 854 g/mol. The van der Waals surface area contributed by atoms with Crippen molar-refractivity contribution < 1.29 is 8.83 Å². The van der Waals surface area contributed by atoms with Crippen LogP contribution in [-0.2, 0) is 0 Å². The van der Waals surface area contributed by atoms with Gasteiger partial charge >= 0.3 is 0 Å². The third-order valence-electron chi connectivity index (χ3n) is 13.8. The first-order valence-corrected chi connectivity index (χ1v) is 22.6. The molecule has 0 unspecified atom stereocenters. The van der Waals surface area contributed by atoms with Crippen molar-refractivity contribution in [1.29, 1.82) is 0 Å². The molecule has 0 fully saturated rings. The molecule has 0 atom stereocenters. The van der Waals surface area contributed by atoms with E-state index in [1.165, 1.54) is 32.3 Å². The van der Waals surface area contributed by atoms with Crippen LogP contribution in [0.2, 0.25) is 0 Å². The summed E-state index contributed by atoms with van der Waals surface area (Å²) < 4.78 is 15.6. The van der Waals surface area contributed by atoms with Crippen molar-refractivity contribution in [1.82, 2.24) is 19.5 Å². The Morgan fingerprint density at radius 3 is 1.78 bits per heavy atom. The molecule has 0 amide bonds. The van der Waals surface area contributed by atoms with Crippen LogP contribution in [0.5, 0.6) is 0 Å². The van der Waals surface area contributed by atoms with Crippen molar-refractivity contribution >= 4 is 109 Å². The number of aromatic nitrogens is 4. The molecule has 6 nitrogen and oxygen atoms in total. The zero-order valence-electron chi connectivity index (χ0n) is 35.7. The number of para-hydroxylation sites is 1. The van der Waals surface area contributed by atoms with Gasteiger partial charge in [0.2, 0.25) is 0 Å². The molecule has 6 heteroatoms. The second kappa shape index (κ2) is 13.7. The van der Waals surface area contributed by atoms with Gasteiger partial charge in [-0.15, -0.1) is 0 Å². The van der Waals surface area contributed by atoms with E-state index in [-0.39, 0.29) is 0 Å². The molecule has 15 rings (SSSR count). The lowest BCUT2D eigenvalue weighted by atomic mass is 9.99. The molecule has 0 aliphatic heterocycles. The summed E-state index contributed by atoms with van der Waals surface area (Å²) in [5.74, 6) is 1.70. The maximum absolute atomic E-state index is 6.76. The molecule has 0 aliphatic carbocycles. The summed E-state index contributed by atoms with van der Waals surface area (Å²) in [6, 6.07) is 72.8. The summed E-state index contributed by atoms with van der Waals surface area (Å²) in [6.45, 7) is 0. The highest BCUT2D eigenvalue weighted by Crippen LogP contribution is 2.44. The van der Waals surface area contributed by atoms with E-state index in [0.29, 0.717) is 17.5 Å². The van der Waals surface area contributed by atoms with Gasteiger partial charge in [-0.05, 0) is 104 Å². The molecular formula is C61H34N4O2. The van der Waals surface area contributed by atoms with Gasteiger partial charge in [-0.2, -0.15) is 0 Å². The number of hydrogen-bond acceptors (Lipinski definition) is 5. The number of rotatable bonds is 4. The van der Waals surface area contributed by atoms with E-state index in [2.05, 4.69) is 174 Å². The third kappa shape index (κ3) is 5.35. The highest BCUT2D eigenvalue weighted by Gasteiger charge is 2.22.